The molecule has 0 heterocycles. The van der Waals surface area contributed by atoms with Crippen LogP contribution in [-0.2, 0) is 19.6 Å². The van der Waals surface area contributed by atoms with Crippen molar-refractivity contribution in [2.75, 3.05) is 7.11 Å². The second-order valence-corrected chi connectivity index (χ2v) is 7.57. The number of rotatable bonds is 10. The van der Waals surface area contributed by atoms with E-state index < -0.39 is 0 Å². The third kappa shape index (κ3) is 6.65. The molecule has 3 heteroatoms. The fourth-order valence-corrected chi connectivity index (χ4v) is 3.33. The van der Waals surface area contributed by atoms with Crippen molar-refractivity contribution < 1.29 is 9.47 Å². The van der Waals surface area contributed by atoms with Gasteiger partial charge in [-0.1, -0.05) is 66.2 Å². The Balaban J connectivity index is 1.51. The Morgan fingerprint density at radius 3 is 2.38 bits per heavy atom. The second-order valence-electron chi connectivity index (χ2n) is 7.57. The lowest BCUT2D eigenvalue weighted by Gasteiger charge is -2.16. The van der Waals surface area contributed by atoms with Crippen LogP contribution in [0.4, 0.5) is 0 Å². The highest BCUT2D eigenvalue weighted by Crippen LogP contribution is 2.29. The van der Waals surface area contributed by atoms with Crippen LogP contribution in [0.1, 0.15) is 35.6 Å². The van der Waals surface area contributed by atoms with Gasteiger partial charge in [-0.25, -0.2) is 0 Å². The molecule has 3 rings (SSSR count). The van der Waals surface area contributed by atoms with E-state index in [1.165, 1.54) is 16.7 Å². The van der Waals surface area contributed by atoms with E-state index in [-0.39, 0.29) is 0 Å². The fraction of sp³-hybridized carbons (Fsp3) is 0.308. The highest BCUT2D eigenvalue weighted by molar-refractivity contribution is 5.43. The summed E-state index contributed by atoms with van der Waals surface area (Å²) in [5.74, 6) is 1.55. The van der Waals surface area contributed by atoms with E-state index in [0.717, 1.165) is 36.4 Å². The van der Waals surface area contributed by atoms with Crippen LogP contribution in [0.5, 0.6) is 11.5 Å². The summed E-state index contributed by atoms with van der Waals surface area (Å²) >= 11 is 0. The summed E-state index contributed by atoms with van der Waals surface area (Å²) in [6.07, 6.45) is 2.20. The number of ether oxygens (including phenoxy) is 2. The first-order valence-corrected chi connectivity index (χ1v) is 10.3. The van der Waals surface area contributed by atoms with E-state index in [1.54, 1.807) is 7.11 Å². The number of hydrogen-bond acceptors (Lipinski definition) is 3. The average molecular weight is 390 g/mol. The van der Waals surface area contributed by atoms with Crippen LogP contribution in [0, 0.1) is 6.92 Å². The first kappa shape index (κ1) is 20.9. The molecule has 0 unspecified atom stereocenters. The monoisotopic (exact) mass is 389 g/mol. The summed E-state index contributed by atoms with van der Waals surface area (Å²) in [5.41, 5.74) is 4.97. The Morgan fingerprint density at radius 2 is 1.62 bits per heavy atom. The van der Waals surface area contributed by atoms with Crippen LogP contribution in [0.15, 0.2) is 72.8 Å². The lowest BCUT2D eigenvalue weighted by atomic mass is 10.1. The normalized spacial score (nSPS) is 11.8. The molecule has 0 amide bonds. The van der Waals surface area contributed by atoms with Gasteiger partial charge in [-0.2, -0.15) is 0 Å². The van der Waals surface area contributed by atoms with E-state index in [0.29, 0.717) is 12.6 Å². The molecule has 0 aromatic heterocycles. The van der Waals surface area contributed by atoms with Crippen LogP contribution >= 0.6 is 0 Å². The van der Waals surface area contributed by atoms with Gasteiger partial charge in [0.2, 0.25) is 0 Å². The second kappa shape index (κ2) is 10.7. The van der Waals surface area contributed by atoms with Gasteiger partial charge >= 0.3 is 0 Å². The Labute approximate surface area is 174 Å². The summed E-state index contributed by atoms with van der Waals surface area (Å²) in [6.45, 7) is 5.67. The maximum atomic E-state index is 5.99. The largest absolute Gasteiger partial charge is 0.493 e. The molecule has 3 nitrogen and oxygen atoms in total. The van der Waals surface area contributed by atoms with Gasteiger partial charge < -0.3 is 14.8 Å². The summed E-state index contributed by atoms with van der Waals surface area (Å²) in [6, 6.07) is 25.6. The molecular formula is C26H31NO2. The van der Waals surface area contributed by atoms with Crippen molar-refractivity contribution in [1.82, 2.24) is 5.32 Å². The molecule has 0 aliphatic rings. The van der Waals surface area contributed by atoms with E-state index in [9.17, 15) is 0 Å². The highest BCUT2D eigenvalue weighted by atomic mass is 16.5. The zero-order valence-electron chi connectivity index (χ0n) is 17.7. The van der Waals surface area contributed by atoms with Gasteiger partial charge in [0.1, 0.15) is 6.61 Å². The van der Waals surface area contributed by atoms with Crippen LogP contribution in [0.2, 0.25) is 0 Å². The molecule has 1 atom stereocenters. The Morgan fingerprint density at radius 1 is 0.828 bits per heavy atom. The number of nitrogens with one attached hydrogen (secondary N) is 1. The van der Waals surface area contributed by atoms with E-state index >= 15 is 0 Å². The van der Waals surface area contributed by atoms with Crippen LogP contribution < -0.4 is 14.8 Å². The number of benzene rings is 3. The SMILES string of the molecule is COc1cc(CN[C@@H](C)CCc2ccccc2)ccc1OCc1cccc(C)c1. The van der Waals surface area contributed by atoms with Crippen molar-refractivity contribution >= 4 is 0 Å². The minimum atomic E-state index is 0.443. The van der Waals surface area contributed by atoms with Gasteiger partial charge in [-0.15, -0.1) is 0 Å². The first-order chi connectivity index (χ1) is 14.1. The smallest absolute Gasteiger partial charge is 0.161 e. The molecule has 29 heavy (non-hydrogen) atoms. The van der Waals surface area contributed by atoms with E-state index in [4.69, 9.17) is 9.47 Å². The minimum Gasteiger partial charge on any atom is -0.493 e. The molecule has 0 radical (unpaired) electrons. The van der Waals surface area contributed by atoms with Crippen molar-refractivity contribution in [3.63, 3.8) is 0 Å². The van der Waals surface area contributed by atoms with Crippen LogP contribution in [-0.4, -0.2) is 13.2 Å². The Bertz CT molecular complexity index is 892. The lowest BCUT2D eigenvalue weighted by Crippen LogP contribution is -2.26. The molecule has 0 aliphatic carbocycles. The molecule has 1 N–H and O–H groups in total. The lowest BCUT2D eigenvalue weighted by molar-refractivity contribution is 0.284. The zero-order valence-corrected chi connectivity index (χ0v) is 17.7. The van der Waals surface area contributed by atoms with Crippen molar-refractivity contribution in [3.05, 3.63) is 95.1 Å². The van der Waals surface area contributed by atoms with Gasteiger partial charge in [0.05, 0.1) is 7.11 Å². The van der Waals surface area contributed by atoms with E-state index in [1.807, 2.05) is 6.07 Å². The van der Waals surface area contributed by atoms with Gasteiger partial charge in [0.15, 0.2) is 11.5 Å². The third-order valence-corrected chi connectivity index (χ3v) is 5.07. The maximum Gasteiger partial charge on any atom is 0.161 e. The summed E-state index contributed by atoms with van der Waals surface area (Å²) in [4.78, 5) is 0. The van der Waals surface area contributed by atoms with Gasteiger partial charge in [-0.3, -0.25) is 0 Å². The number of hydrogen-bond donors (Lipinski definition) is 1. The Kier molecular flexibility index (Phi) is 7.71. The molecule has 0 spiro atoms. The molecule has 0 aliphatic heterocycles. The molecular weight excluding hydrogens is 358 g/mol. The Hall–Kier alpha value is -2.78. The molecule has 0 saturated carbocycles. The number of methoxy groups -OCH3 is 1. The van der Waals surface area contributed by atoms with Crippen molar-refractivity contribution in [3.8, 4) is 11.5 Å². The summed E-state index contributed by atoms with van der Waals surface area (Å²) in [7, 11) is 1.69. The van der Waals surface area contributed by atoms with Gasteiger partial charge in [-0.05, 0) is 55.5 Å². The molecule has 3 aromatic rings. The zero-order chi connectivity index (χ0) is 20.5. The third-order valence-electron chi connectivity index (χ3n) is 5.07. The molecule has 152 valence electrons. The fourth-order valence-electron chi connectivity index (χ4n) is 3.33. The topological polar surface area (TPSA) is 30.5 Å². The average Bonchev–Trinajstić information content (AvgIpc) is 2.75. The van der Waals surface area contributed by atoms with E-state index in [2.05, 4.69) is 85.9 Å². The molecule has 0 saturated heterocycles. The molecule has 0 fully saturated rings. The predicted molar refractivity (Wildman–Crippen MR) is 120 cm³/mol. The standard InChI is InChI=1S/C26H31NO2/c1-20-8-7-11-24(16-20)19-29-25-15-14-23(17-26(25)28-3)18-27-21(2)12-13-22-9-5-4-6-10-22/h4-11,14-17,21,27H,12-13,18-19H2,1-3H3/t21-/m0/s1. The predicted octanol–water partition coefficient (Wildman–Crippen LogP) is 5.69. The maximum absolute atomic E-state index is 5.99. The summed E-state index contributed by atoms with van der Waals surface area (Å²) < 4.78 is 11.5. The van der Waals surface area contributed by atoms with Crippen molar-refractivity contribution in [2.45, 2.75) is 45.9 Å². The van der Waals surface area contributed by atoms with Gasteiger partial charge in [0, 0.05) is 12.6 Å². The van der Waals surface area contributed by atoms with Crippen LogP contribution in [0.3, 0.4) is 0 Å². The van der Waals surface area contributed by atoms with Crippen molar-refractivity contribution in [1.29, 1.82) is 0 Å². The quantitative estimate of drug-likeness (QED) is 0.483. The van der Waals surface area contributed by atoms with Crippen LogP contribution in [0.25, 0.3) is 0 Å². The number of aryl methyl sites for hydroxylation is 2. The molecule has 0 bridgehead atoms. The molecule has 3 aromatic carbocycles. The van der Waals surface area contributed by atoms with Gasteiger partial charge in [0.25, 0.3) is 0 Å². The minimum absolute atomic E-state index is 0.443. The summed E-state index contributed by atoms with van der Waals surface area (Å²) in [5, 5.41) is 3.61. The van der Waals surface area contributed by atoms with Crippen molar-refractivity contribution in [2.24, 2.45) is 0 Å². The highest BCUT2D eigenvalue weighted by Gasteiger charge is 2.08. The first-order valence-electron chi connectivity index (χ1n) is 10.3.